The Balaban J connectivity index is 2.84. The van der Waals surface area contributed by atoms with Gasteiger partial charge in [0.1, 0.15) is 11.6 Å². The van der Waals surface area contributed by atoms with E-state index in [1.54, 1.807) is 0 Å². The third-order valence-electron chi connectivity index (χ3n) is 1.42. The molecule has 1 aromatic rings. The summed E-state index contributed by atoms with van der Waals surface area (Å²) in [6, 6.07) is 0. The van der Waals surface area contributed by atoms with E-state index in [2.05, 4.69) is 19.7 Å². The van der Waals surface area contributed by atoms with Crippen molar-refractivity contribution in [3.05, 3.63) is 5.76 Å². The molecule has 0 unspecified atom stereocenters. The molecule has 0 fully saturated rings. The van der Waals surface area contributed by atoms with E-state index in [0.29, 0.717) is 0 Å². The number of aryl methyl sites for hydroxylation is 1. The van der Waals surface area contributed by atoms with Gasteiger partial charge in [0.2, 0.25) is 5.91 Å². The molecule has 1 aromatic heterocycles. The standard InChI is InChI=1S/C7H7ClF2N2O3/c1-3-5(11-4(13)2-8)6(12-15-3)14-7(9)10/h7H,2H2,1H3,(H,11,13). The maximum Gasteiger partial charge on any atom is 0.388 e. The van der Waals surface area contributed by atoms with E-state index < -0.39 is 18.4 Å². The molecule has 0 radical (unpaired) electrons. The minimum atomic E-state index is -3.04. The Morgan fingerprint density at radius 3 is 2.93 bits per heavy atom. The van der Waals surface area contributed by atoms with Gasteiger partial charge in [-0.25, -0.2) is 0 Å². The lowest BCUT2D eigenvalue weighted by atomic mass is 10.4. The van der Waals surface area contributed by atoms with Gasteiger partial charge in [0.25, 0.3) is 5.88 Å². The summed E-state index contributed by atoms with van der Waals surface area (Å²) in [6.45, 7) is -1.60. The van der Waals surface area contributed by atoms with Gasteiger partial charge in [0, 0.05) is 0 Å². The molecule has 0 saturated carbocycles. The van der Waals surface area contributed by atoms with E-state index in [-0.39, 0.29) is 17.3 Å². The predicted molar refractivity (Wildman–Crippen MR) is 47.2 cm³/mol. The van der Waals surface area contributed by atoms with Crippen LogP contribution in [0.4, 0.5) is 14.5 Å². The van der Waals surface area contributed by atoms with Crippen molar-refractivity contribution in [2.45, 2.75) is 13.5 Å². The summed E-state index contributed by atoms with van der Waals surface area (Å²) in [7, 11) is 0. The summed E-state index contributed by atoms with van der Waals surface area (Å²) in [4.78, 5) is 10.9. The summed E-state index contributed by atoms with van der Waals surface area (Å²) in [5.41, 5.74) is -0.0408. The number of carbonyl (C=O) groups is 1. The van der Waals surface area contributed by atoms with E-state index in [1.807, 2.05) is 0 Å². The molecule has 5 nitrogen and oxygen atoms in total. The normalized spacial score (nSPS) is 10.5. The van der Waals surface area contributed by atoms with Crippen molar-refractivity contribution in [1.29, 1.82) is 0 Å². The number of aromatic nitrogens is 1. The van der Waals surface area contributed by atoms with Crippen molar-refractivity contribution in [3.63, 3.8) is 0 Å². The molecular weight excluding hydrogens is 234 g/mol. The monoisotopic (exact) mass is 240 g/mol. The second-order valence-corrected chi connectivity index (χ2v) is 2.75. The average Bonchev–Trinajstić information content (AvgIpc) is 2.49. The summed E-state index contributed by atoms with van der Waals surface area (Å²) >= 11 is 5.23. The fourth-order valence-corrected chi connectivity index (χ4v) is 0.898. The van der Waals surface area contributed by atoms with Crippen LogP contribution in [0.15, 0.2) is 4.52 Å². The van der Waals surface area contributed by atoms with Crippen LogP contribution >= 0.6 is 11.6 Å². The van der Waals surface area contributed by atoms with Gasteiger partial charge in [-0.15, -0.1) is 11.6 Å². The highest BCUT2D eigenvalue weighted by atomic mass is 35.5. The molecule has 0 spiro atoms. The van der Waals surface area contributed by atoms with Crippen molar-refractivity contribution in [1.82, 2.24) is 5.16 Å². The van der Waals surface area contributed by atoms with Crippen LogP contribution in [0.5, 0.6) is 5.88 Å². The Hall–Kier alpha value is -1.37. The SMILES string of the molecule is Cc1onc(OC(F)F)c1NC(=O)CCl. The number of hydrogen-bond acceptors (Lipinski definition) is 4. The Labute approximate surface area is 88.3 Å². The van der Waals surface area contributed by atoms with Crippen LogP contribution in [0.25, 0.3) is 0 Å². The first kappa shape index (κ1) is 11.7. The van der Waals surface area contributed by atoms with Gasteiger partial charge < -0.3 is 14.6 Å². The maximum absolute atomic E-state index is 11.9. The van der Waals surface area contributed by atoms with Crippen LogP contribution in [0.2, 0.25) is 0 Å². The lowest BCUT2D eigenvalue weighted by molar-refractivity contribution is -0.114. The van der Waals surface area contributed by atoms with E-state index in [9.17, 15) is 13.6 Å². The third-order valence-corrected chi connectivity index (χ3v) is 1.66. The van der Waals surface area contributed by atoms with Crippen LogP contribution in [-0.2, 0) is 4.79 Å². The van der Waals surface area contributed by atoms with Gasteiger partial charge in [-0.05, 0) is 12.1 Å². The fraction of sp³-hybridized carbons (Fsp3) is 0.429. The van der Waals surface area contributed by atoms with Crippen molar-refractivity contribution < 1.29 is 22.8 Å². The molecule has 8 heteroatoms. The van der Waals surface area contributed by atoms with Crippen LogP contribution in [-0.4, -0.2) is 23.6 Å². The largest absolute Gasteiger partial charge is 0.412 e. The number of halogens is 3. The highest BCUT2D eigenvalue weighted by Crippen LogP contribution is 2.28. The molecule has 1 heterocycles. The highest BCUT2D eigenvalue weighted by molar-refractivity contribution is 6.29. The molecule has 0 atom stereocenters. The van der Waals surface area contributed by atoms with E-state index in [4.69, 9.17) is 11.6 Å². The first-order valence-electron chi connectivity index (χ1n) is 3.81. The van der Waals surface area contributed by atoms with E-state index in [1.165, 1.54) is 6.92 Å². The first-order chi connectivity index (χ1) is 7.04. The summed E-state index contributed by atoms with van der Waals surface area (Å²) in [5, 5.41) is 5.44. The average molecular weight is 241 g/mol. The minimum Gasteiger partial charge on any atom is -0.412 e. The molecule has 84 valence electrons. The molecule has 15 heavy (non-hydrogen) atoms. The van der Waals surface area contributed by atoms with Gasteiger partial charge in [0.15, 0.2) is 5.76 Å². The molecule has 0 saturated heterocycles. The number of rotatable bonds is 4. The number of alkyl halides is 3. The maximum atomic E-state index is 11.9. The molecule has 0 aliphatic heterocycles. The van der Waals surface area contributed by atoms with Crippen molar-refractivity contribution in [2.75, 3.05) is 11.2 Å². The molecule has 0 aromatic carbocycles. The number of amides is 1. The molecule has 1 amide bonds. The second-order valence-electron chi connectivity index (χ2n) is 2.48. The van der Waals surface area contributed by atoms with Crippen LogP contribution < -0.4 is 10.1 Å². The Morgan fingerprint density at radius 2 is 2.40 bits per heavy atom. The van der Waals surface area contributed by atoms with Gasteiger partial charge in [-0.1, -0.05) is 0 Å². The van der Waals surface area contributed by atoms with Crippen molar-refractivity contribution in [2.24, 2.45) is 0 Å². The van der Waals surface area contributed by atoms with Gasteiger partial charge >= 0.3 is 6.61 Å². The minimum absolute atomic E-state index is 0.0408. The van der Waals surface area contributed by atoms with Crippen molar-refractivity contribution in [3.8, 4) is 5.88 Å². The predicted octanol–water partition coefficient (Wildman–Crippen LogP) is 1.76. The van der Waals surface area contributed by atoms with Crippen LogP contribution in [0.3, 0.4) is 0 Å². The second kappa shape index (κ2) is 4.92. The van der Waals surface area contributed by atoms with E-state index in [0.717, 1.165) is 0 Å². The Kier molecular flexibility index (Phi) is 3.84. The molecule has 1 N–H and O–H groups in total. The molecular formula is C7H7ClF2N2O3. The quantitative estimate of drug-likeness (QED) is 0.815. The van der Waals surface area contributed by atoms with Crippen LogP contribution in [0.1, 0.15) is 5.76 Å². The summed E-state index contributed by atoms with van der Waals surface area (Å²) in [5.74, 6) is -1.19. The van der Waals surface area contributed by atoms with Gasteiger partial charge in [-0.3, -0.25) is 4.79 Å². The third kappa shape index (κ3) is 3.05. The number of nitrogens with one attached hydrogen (secondary N) is 1. The zero-order chi connectivity index (χ0) is 11.4. The highest BCUT2D eigenvalue weighted by Gasteiger charge is 2.19. The zero-order valence-corrected chi connectivity index (χ0v) is 8.35. The van der Waals surface area contributed by atoms with Gasteiger partial charge in [-0.2, -0.15) is 8.78 Å². The first-order valence-corrected chi connectivity index (χ1v) is 4.35. The summed E-state index contributed by atoms with van der Waals surface area (Å²) < 4.78 is 32.4. The molecule has 0 bridgehead atoms. The fourth-order valence-electron chi connectivity index (χ4n) is 0.831. The number of ether oxygens (including phenoxy) is 1. The zero-order valence-electron chi connectivity index (χ0n) is 7.59. The van der Waals surface area contributed by atoms with E-state index >= 15 is 0 Å². The lowest BCUT2D eigenvalue weighted by Gasteiger charge is -2.04. The Morgan fingerprint density at radius 1 is 1.73 bits per heavy atom. The molecule has 1 rings (SSSR count). The smallest absolute Gasteiger partial charge is 0.388 e. The molecule has 0 aliphatic carbocycles. The lowest BCUT2D eigenvalue weighted by Crippen LogP contribution is -2.14. The topological polar surface area (TPSA) is 64.4 Å². The van der Waals surface area contributed by atoms with Crippen molar-refractivity contribution >= 4 is 23.2 Å². The molecule has 0 aliphatic rings. The number of nitrogens with zero attached hydrogens (tertiary/aromatic N) is 1. The Bertz CT molecular complexity index is 356. The van der Waals surface area contributed by atoms with Crippen LogP contribution in [0, 0.1) is 6.92 Å². The van der Waals surface area contributed by atoms with Gasteiger partial charge in [0.05, 0.1) is 0 Å². The summed E-state index contributed by atoms with van der Waals surface area (Å²) in [6.07, 6.45) is 0. The number of carbonyl (C=O) groups excluding carboxylic acids is 1. The number of hydrogen-bond donors (Lipinski definition) is 1. The number of anilines is 1.